The Labute approximate surface area is 186 Å². The second-order valence-electron chi connectivity index (χ2n) is 7.01. The number of rotatable bonds is 6. The molecule has 0 saturated carbocycles. The lowest BCUT2D eigenvalue weighted by atomic mass is 10.00. The van der Waals surface area contributed by atoms with Gasteiger partial charge in [-0.15, -0.1) is 0 Å². The summed E-state index contributed by atoms with van der Waals surface area (Å²) in [4.78, 5) is 24.3. The van der Waals surface area contributed by atoms with Crippen LogP contribution in [0.3, 0.4) is 0 Å². The molecule has 0 bridgehead atoms. The first-order valence-electron chi connectivity index (χ1n) is 9.64. The second kappa shape index (κ2) is 10.1. The molecule has 3 N–H and O–H groups in total. The number of alkyl halides is 3. The summed E-state index contributed by atoms with van der Waals surface area (Å²) in [5.41, 5.74) is 2.35. The van der Waals surface area contributed by atoms with Gasteiger partial charge in [-0.1, -0.05) is 36.4 Å². The van der Waals surface area contributed by atoms with Crippen LogP contribution in [-0.2, 0) is 17.5 Å². The third-order valence-corrected chi connectivity index (χ3v) is 4.72. The van der Waals surface area contributed by atoms with Gasteiger partial charge in [0.2, 0.25) is 0 Å². The minimum atomic E-state index is -4.51. The normalized spacial score (nSPS) is 11.7. The second-order valence-corrected chi connectivity index (χ2v) is 7.01. The van der Waals surface area contributed by atoms with Crippen molar-refractivity contribution in [2.24, 2.45) is 0 Å². The molecule has 0 atom stereocenters. The summed E-state index contributed by atoms with van der Waals surface area (Å²) in [6.45, 7) is 0.0707. The highest BCUT2D eigenvalue weighted by Gasteiger charge is 2.30. The molecule has 5 nitrogen and oxygen atoms in total. The molecule has 0 spiro atoms. The van der Waals surface area contributed by atoms with E-state index in [9.17, 15) is 27.2 Å². The van der Waals surface area contributed by atoms with Crippen molar-refractivity contribution in [1.29, 1.82) is 0 Å². The smallest absolute Gasteiger partial charge is 0.348 e. The van der Waals surface area contributed by atoms with Gasteiger partial charge < -0.3 is 5.32 Å². The zero-order chi connectivity index (χ0) is 24.0. The first-order valence-corrected chi connectivity index (χ1v) is 9.64. The van der Waals surface area contributed by atoms with Gasteiger partial charge in [0.1, 0.15) is 5.82 Å². The van der Waals surface area contributed by atoms with E-state index in [-0.39, 0.29) is 23.2 Å². The zero-order valence-electron chi connectivity index (χ0n) is 17.0. The molecular formula is C24H18F4N2O3. The van der Waals surface area contributed by atoms with Crippen LogP contribution in [0.25, 0.3) is 11.6 Å². The molecule has 0 saturated heterocycles. The molecule has 170 valence electrons. The number of carbonyl (C=O) groups is 2. The molecular weight excluding hydrogens is 440 g/mol. The van der Waals surface area contributed by atoms with E-state index < -0.39 is 29.4 Å². The Balaban J connectivity index is 1.84. The largest absolute Gasteiger partial charge is 0.416 e. The fourth-order valence-corrected chi connectivity index (χ4v) is 2.96. The quantitative estimate of drug-likeness (QED) is 0.163. The van der Waals surface area contributed by atoms with Crippen molar-refractivity contribution < 1.29 is 32.4 Å². The first kappa shape index (κ1) is 23.7. The minimum absolute atomic E-state index is 0.0707. The van der Waals surface area contributed by atoms with E-state index in [1.165, 1.54) is 60.1 Å². The molecule has 3 aromatic rings. The van der Waals surface area contributed by atoms with Crippen molar-refractivity contribution >= 4 is 23.5 Å². The fourth-order valence-electron chi connectivity index (χ4n) is 2.96. The highest BCUT2D eigenvalue weighted by atomic mass is 19.4. The number of benzene rings is 3. The van der Waals surface area contributed by atoms with Crippen molar-refractivity contribution in [2.75, 3.05) is 0 Å². The number of amides is 2. The molecule has 9 heteroatoms. The number of hydroxylamine groups is 1. The van der Waals surface area contributed by atoms with Crippen LogP contribution in [0.15, 0.2) is 72.8 Å². The molecule has 0 aliphatic heterocycles. The highest BCUT2D eigenvalue weighted by molar-refractivity contribution is 6.24. The lowest BCUT2D eigenvalue weighted by Gasteiger charge is -2.12. The average Bonchev–Trinajstić information content (AvgIpc) is 2.81. The van der Waals surface area contributed by atoms with E-state index in [0.29, 0.717) is 11.1 Å². The number of hydrogen-bond acceptors (Lipinski definition) is 3. The molecule has 0 radical (unpaired) electrons. The van der Waals surface area contributed by atoms with Gasteiger partial charge in [0, 0.05) is 17.7 Å². The third kappa shape index (κ3) is 6.27. The molecule has 33 heavy (non-hydrogen) atoms. The van der Waals surface area contributed by atoms with Crippen LogP contribution >= 0.6 is 0 Å². The molecule has 0 heterocycles. The summed E-state index contributed by atoms with van der Waals surface area (Å²) in [6, 6.07) is 15.5. The van der Waals surface area contributed by atoms with Crippen LogP contribution in [0.5, 0.6) is 0 Å². The predicted molar refractivity (Wildman–Crippen MR) is 113 cm³/mol. The van der Waals surface area contributed by atoms with E-state index >= 15 is 0 Å². The third-order valence-electron chi connectivity index (χ3n) is 4.72. The summed E-state index contributed by atoms with van der Waals surface area (Å²) in [6.07, 6.45) is -3.06. The van der Waals surface area contributed by atoms with Crippen LogP contribution < -0.4 is 10.8 Å². The van der Waals surface area contributed by atoms with Gasteiger partial charge in [0.05, 0.1) is 5.56 Å². The molecule has 0 unspecified atom stereocenters. The van der Waals surface area contributed by atoms with Crippen molar-refractivity contribution in [3.8, 4) is 0 Å². The lowest BCUT2D eigenvalue weighted by molar-refractivity contribution is -0.137. The first-order chi connectivity index (χ1) is 15.7. The average molecular weight is 458 g/mol. The minimum Gasteiger partial charge on any atom is -0.348 e. The van der Waals surface area contributed by atoms with Crippen molar-refractivity contribution in [3.63, 3.8) is 0 Å². The van der Waals surface area contributed by atoms with Crippen molar-refractivity contribution in [3.05, 3.63) is 106 Å². The summed E-state index contributed by atoms with van der Waals surface area (Å²) in [5, 5.41) is 11.3. The van der Waals surface area contributed by atoms with Gasteiger partial charge in [-0.05, 0) is 59.2 Å². The molecule has 0 aromatic heterocycles. The monoisotopic (exact) mass is 458 g/mol. The van der Waals surface area contributed by atoms with Gasteiger partial charge in [0.25, 0.3) is 11.8 Å². The maximum absolute atomic E-state index is 13.2. The zero-order valence-corrected chi connectivity index (χ0v) is 17.0. The van der Waals surface area contributed by atoms with Gasteiger partial charge in [-0.25, -0.2) is 9.87 Å². The van der Waals surface area contributed by atoms with Gasteiger partial charge in [-0.2, -0.15) is 13.2 Å². The molecule has 0 aliphatic rings. The molecule has 2 amide bonds. The highest BCUT2D eigenvalue weighted by Crippen LogP contribution is 2.30. The Morgan fingerprint density at radius 1 is 0.848 bits per heavy atom. The Kier molecular flexibility index (Phi) is 7.24. The van der Waals surface area contributed by atoms with Crippen LogP contribution in [0, 0.1) is 5.82 Å². The number of carbonyl (C=O) groups excluding carboxylic acids is 2. The van der Waals surface area contributed by atoms with Crippen LogP contribution in [0.1, 0.15) is 32.6 Å². The van der Waals surface area contributed by atoms with E-state index in [0.717, 1.165) is 12.1 Å². The summed E-state index contributed by atoms with van der Waals surface area (Å²) in [7, 11) is 0. The van der Waals surface area contributed by atoms with Gasteiger partial charge in [-0.3, -0.25) is 14.8 Å². The van der Waals surface area contributed by atoms with Crippen molar-refractivity contribution in [2.45, 2.75) is 12.7 Å². The number of hydrogen-bond donors (Lipinski definition) is 3. The van der Waals surface area contributed by atoms with Crippen LogP contribution in [-0.4, -0.2) is 17.0 Å². The van der Waals surface area contributed by atoms with E-state index in [1.807, 2.05) is 0 Å². The lowest BCUT2D eigenvalue weighted by Crippen LogP contribution is -2.24. The predicted octanol–water partition coefficient (Wildman–Crippen LogP) is 4.82. The summed E-state index contributed by atoms with van der Waals surface area (Å²) in [5.74, 6) is -1.71. The van der Waals surface area contributed by atoms with E-state index in [2.05, 4.69) is 5.32 Å². The summed E-state index contributed by atoms with van der Waals surface area (Å²) >= 11 is 0. The fraction of sp³-hybridized carbons (Fsp3) is 0.0833. The van der Waals surface area contributed by atoms with E-state index in [4.69, 9.17) is 5.21 Å². The van der Waals surface area contributed by atoms with Gasteiger partial charge in [0.15, 0.2) is 0 Å². The summed E-state index contributed by atoms with van der Waals surface area (Å²) < 4.78 is 51.9. The maximum atomic E-state index is 13.2. The Morgan fingerprint density at radius 2 is 1.42 bits per heavy atom. The Hall–Kier alpha value is -3.98. The molecule has 3 aromatic carbocycles. The maximum Gasteiger partial charge on any atom is 0.416 e. The SMILES string of the molecule is O=C(NCc1ccc(C(=O)NO)cc1)/C(=C/c1ccc(F)cc1)c1ccc(C(F)(F)F)cc1. The van der Waals surface area contributed by atoms with E-state index in [1.54, 1.807) is 12.1 Å². The van der Waals surface area contributed by atoms with Crippen LogP contribution in [0.4, 0.5) is 17.6 Å². The van der Waals surface area contributed by atoms with Crippen molar-refractivity contribution in [1.82, 2.24) is 10.8 Å². The Morgan fingerprint density at radius 3 is 1.97 bits per heavy atom. The molecule has 0 fully saturated rings. The Bertz CT molecular complexity index is 1150. The van der Waals surface area contributed by atoms with Crippen LogP contribution in [0.2, 0.25) is 0 Å². The molecule has 3 rings (SSSR count). The topological polar surface area (TPSA) is 78.4 Å². The molecule has 0 aliphatic carbocycles. The number of nitrogens with one attached hydrogen (secondary N) is 2. The standard InChI is InChI=1S/C24H18F4N2O3/c25-20-11-3-15(4-12-20)13-21(17-7-9-19(10-8-17)24(26,27)28)23(32)29-14-16-1-5-18(6-2-16)22(31)30-33/h1-13,33H,14H2,(H,29,32)(H,30,31)/b21-13+. The van der Waals surface area contributed by atoms with Gasteiger partial charge >= 0.3 is 6.18 Å². The number of halogens is 4.